The van der Waals surface area contributed by atoms with Crippen molar-refractivity contribution in [1.82, 2.24) is 19.9 Å². The fourth-order valence-electron chi connectivity index (χ4n) is 5.70. The molecule has 0 radical (unpaired) electrons. The van der Waals surface area contributed by atoms with Gasteiger partial charge in [0, 0.05) is 42.8 Å². The van der Waals surface area contributed by atoms with Crippen molar-refractivity contribution in [2.24, 2.45) is 4.99 Å². The van der Waals surface area contributed by atoms with Gasteiger partial charge in [-0.25, -0.2) is 9.97 Å². The van der Waals surface area contributed by atoms with Crippen molar-refractivity contribution in [2.75, 3.05) is 62.4 Å². The average molecular weight is 575 g/mol. The number of nitrogens with zero attached hydrogens (tertiary/aromatic N) is 5. The van der Waals surface area contributed by atoms with Crippen LogP contribution in [0.5, 0.6) is 11.5 Å². The quantitative estimate of drug-likeness (QED) is 0.259. The van der Waals surface area contributed by atoms with E-state index in [4.69, 9.17) is 19.5 Å². The van der Waals surface area contributed by atoms with Crippen molar-refractivity contribution in [3.8, 4) is 33.9 Å². The minimum atomic E-state index is 0.617. The van der Waals surface area contributed by atoms with Crippen LogP contribution in [0.1, 0.15) is 18.5 Å². The lowest BCUT2D eigenvalue weighted by Crippen LogP contribution is -2.25. The van der Waals surface area contributed by atoms with E-state index in [0.29, 0.717) is 13.2 Å². The zero-order valence-electron chi connectivity index (χ0n) is 24.1. The van der Waals surface area contributed by atoms with Crippen molar-refractivity contribution in [3.05, 3.63) is 84.7 Å². The van der Waals surface area contributed by atoms with E-state index in [0.717, 1.165) is 94.4 Å². The van der Waals surface area contributed by atoms with Crippen molar-refractivity contribution in [1.29, 1.82) is 0 Å². The second kappa shape index (κ2) is 12.1. The summed E-state index contributed by atoms with van der Waals surface area (Å²) in [5, 5.41) is 10.5. The van der Waals surface area contributed by atoms with E-state index in [1.165, 1.54) is 12.8 Å². The third-order valence-electron chi connectivity index (χ3n) is 7.90. The Labute approximate surface area is 250 Å². The molecular formula is C33H34N8O2. The van der Waals surface area contributed by atoms with E-state index in [1.54, 1.807) is 19.5 Å². The van der Waals surface area contributed by atoms with Crippen LogP contribution in [-0.2, 0) is 0 Å². The highest BCUT2D eigenvalue weighted by Gasteiger charge is 2.24. The summed E-state index contributed by atoms with van der Waals surface area (Å²) in [6.07, 6.45) is 9.88. The van der Waals surface area contributed by atoms with Gasteiger partial charge < -0.3 is 25.4 Å². The number of hydrogen-bond donors (Lipinski definition) is 3. The van der Waals surface area contributed by atoms with Crippen LogP contribution in [0.15, 0.2) is 84.0 Å². The number of fused-ring (bicyclic) bond motifs is 2. The van der Waals surface area contributed by atoms with Crippen molar-refractivity contribution < 1.29 is 9.47 Å². The molecule has 0 atom stereocenters. The monoisotopic (exact) mass is 574 g/mol. The van der Waals surface area contributed by atoms with E-state index in [9.17, 15) is 0 Å². The molecule has 0 unspecified atom stereocenters. The van der Waals surface area contributed by atoms with Gasteiger partial charge in [-0.05, 0) is 67.9 Å². The fraction of sp³-hybridized carbons (Fsp3) is 0.273. The lowest BCUT2D eigenvalue weighted by molar-refractivity contribution is 0.237. The molecule has 7 rings (SSSR count). The summed E-state index contributed by atoms with van der Waals surface area (Å²) in [6.45, 7) is 5.23. The van der Waals surface area contributed by atoms with Crippen LogP contribution in [0.3, 0.4) is 0 Å². The molecule has 10 heteroatoms. The number of benzene rings is 1. The van der Waals surface area contributed by atoms with Crippen LogP contribution in [0, 0.1) is 0 Å². The first-order valence-electron chi connectivity index (χ1n) is 14.7. The van der Waals surface area contributed by atoms with E-state index in [-0.39, 0.29) is 0 Å². The normalized spacial score (nSPS) is 15.9. The maximum atomic E-state index is 6.06. The molecular weight excluding hydrogens is 540 g/mol. The van der Waals surface area contributed by atoms with Gasteiger partial charge in [-0.1, -0.05) is 12.1 Å². The number of methoxy groups -OCH3 is 1. The minimum absolute atomic E-state index is 0.617. The summed E-state index contributed by atoms with van der Waals surface area (Å²) in [6, 6.07) is 16.1. The summed E-state index contributed by atoms with van der Waals surface area (Å²) in [7, 11) is 1.67. The van der Waals surface area contributed by atoms with Crippen molar-refractivity contribution >= 4 is 22.9 Å². The largest absolute Gasteiger partial charge is 0.497 e. The number of hydrogen-bond acceptors (Lipinski definition) is 10. The van der Waals surface area contributed by atoms with E-state index in [2.05, 4.69) is 43.0 Å². The van der Waals surface area contributed by atoms with Crippen LogP contribution < -0.4 is 25.4 Å². The van der Waals surface area contributed by atoms with Crippen molar-refractivity contribution in [2.45, 2.75) is 12.8 Å². The molecule has 1 saturated heterocycles. The van der Waals surface area contributed by atoms with Crippen LogP contribution >= 0.6 is 0 Å². The van der Waals surface area contributed by atoms with Gasteiger partial charge in [0.2, 0.25) is 0 Å². The molecule has 3 aliphatic heterocycles. The third kappa shape index (κ3) is 5.74. The summed E-state index contributed by atoms with van der Waals surface area (Å²) in [5.74, 6) is 2.27. The number of ether oxygens (including phenoxy) is 2. The fourth-order valence-corrected chi connectivity index (χ4v) is 5.70. The molecule has 0 saturated carbocycles. The first-order valence-corrected chi connectivity index (χ1v) is 14.7. The highest BCUT2D eigenvalue weighted by atomic mass is 16.5. The Hall–Kier alpha value is -4.96. The summed E-state index contributed by atoms with van der Waals surface area (Å²) >= 11 is 0. The molecule has 4 aromatic rings. The SMILES string of the molecule is COc1cccc(-c2ccnc3c2NC=C(C2=NCCNc4ccc(-c5cncc(OCCN6CCCC6)c5)nc42)N3)c1. The van der Waals surface area contributed by atoms with E-state index in [1.807, 2.05) is 48.8 Å². The molecule has 218 valence electrons. The lowest BCUT2D eigenvalue weighted by Gasteiger charge is -2.23. The third-order valence-corrected chi connectivity index (χ3v) is 7.90. The smallest absolute Gasteiger partial charge is 0.154 e. The Bertz CT molecular complexity index is 1700. The second-order valence-corrected chi connectivity index (χ2v) is 10.7. The Morgan fingerprint density at radius 1 is 0.977 bits per heavy atom. The number of pyridine rings is 3. The van der Waals surface area contributed by atoms with Crippen molar-refractivity contribution in [3.63, 3.8) is 0 Å². The number of anilines is 3. The number of aromatic nitrogens is 3. The number of allylic oxidation sites excluding steroid dienone is 1. The van der Waals surface area contributed by atoms with E-state index < -0.39 is 0 Å². The number of aliphatic imine (C=N–C) groups is 1. The molecule has 3 aliphatic rings. The van der Waals surface area contributed by atoms with Gasteiger partial charge in [0.25, 0.3) is 0 Å². The zero-order chi connectivity index (χ0) is 29.0. The van der Waals surface area contributed by atoms with E-state index >= 15 is 0 Å². The van der Waals surface area contributed by atoms with Crippen LogP contribution in [-0.4, -0.2) is 72.0 Å². The molecule has 3 N–H and O–H groups in total. The topological polar surface area (TPSA) is 109 Å². The molecule has 6 heterocycles. The first-order chi connectivity index (χ1) is 21.2. The summed E-state index contributed by atoms with van der Waals surface area (Å²) in [4.78, 5) is 21.5. The zero-order valence-corrected chi connectivity index (χ0v) is 24.1. The molecule has 1 fully saturated rings. The van der Waals surface area contributed by atoms with Gasteiger partial charge in [0.1, 0.15) is 29.5 Å². The van der Waals surface area contributed by atoms with Gasteiger partial charge in [-0.2, -0.15) is 0 Å². The molecule has 0 spiro atoms. The van der Waals surface area contributed by atoms with Crippen LogP contribution in [0.2, 0.25) is 0 Å². The Morgan fingerprint density at radius 2 is 1.88 bits per heavy atom. The summed E-state index contributed by atoms with van der Waals surface area (Å²) in [5.41, 5.74) is 7.90. The lowest BCUT2D eigenvalue weighted by atomic mass is 10.0. The highest BCUT2D eigenvalue weighted by Crippen LogP contribution is 2.37. The molecule has 0 aliphatic carbocycles. The second-order valence-electron chi connectivity index (χ2n) is 10.7. The highest BCUT2D eigenvalue weighted by molar-refractivity contribution is 6.17. The number of rotatable bonds is 8. The average Bonchev–Trinajstić information content (AvgIpc) is 3.49. The van der Waals surface area contributed by atoms with Crippen LogP contribution in [0.25, 0.3) is 22.4 Å². The standard InChI is InChI=1S/C33H34N8O2/c1-42-24-6-4-5-22(17-24)26-9-10-37-33-30(26)38-21-29(40-33)31-32-28(35-11-12-36-31)8-7-27(39-32)23-18-25(20-34-19-23)43-16-15-41-13-2-3-14-41/h4-10,17-21,35,38H,2-3,11-16H2,1H3,(H,37,40). The maximum absolute atomic E-state index is 6.06. The van der Waals surface area contributed by atoms with Gasteiger partial charge in [-0.3, -0.25) is 14.9 Å². The van der Waals surface area contributed by atoms with Crippen LogP contribution in [0.4, 0.5) is 17.2 Å². The first kappa shape index (κ1) is 26.9. The number of likely N-dealkylation sites (tertiary alicyclic amines) is 1. The van der Waals surface area contributed by atoms with Gasteiger partial charge in [0.15, 0.2) is 5.82 Å². The Kier molecular flexibility index (Phi) is 7.58. The minimum Gasteiger partial charge on any atom is -0.497 e. The Morgan fingerprint density at radius 3 is 2.79 bits per heavy atom. The van der Waals surface area contributed by atoms with Gasteiger partial charge in [-0.15, -0.1) is 0 Å². The molecule has 0 amide bonds. The Balaban J connectivity index is 1.15. The molecule has 1 aromatic carbocycles. The molecule has 0 bridgehead atoms. The molecule has 3 aromatic heterocycles. The predicted octanol–water partition coefficient (Wildman–Crippen LogP) is 5.28. The summed E-state index contributed by atoms with van der Waals surface area (Å²) < 4.78 is 11.5. The predicted molar refractivity (Wildman–Crippen MR) is 170 cm³/mol. The van der Waals surface area contributed by atoms with Gasteiger partial charge >= 0.3 is 0 Å². The molecule has 10 nitrogen and oxygen atoms in total. The number of nitrogens with one attached hydrogen (secondary N) is 3. The van der Waals surface area contributed by atoms with Gasteiger partial charge in [0.05, 0.1) is 42.6 Å². The maximum Gasteiger partial charge on any atom is 0.154 e. The molecule has 43 heavy (non-hydrogen) atoms.